The maximum Gasteiger partial charge on any atom is 0.326 e. The molecule has 0 spiro atoms. The van der Waals surface area contributed by atoms with Crippen LogP contribution in [0.4, 0.5) is 4.39 Å². The first-order chi connectivity index (χ1) is 11.5. The molecule has 1 aliphatic rings. The lowest BCUT2D eigenvalue weighted by Crippen LogP contribution is -2.48. The summed E-state index contributed by atoms with van der Waals surface area (Å²) in [7, 11) is 0. The fourth-order valence-corrected chi connectivity index (χ4v) is 3.07. The molecule has 0 aliphatic carbocycles. The van der Waals surface area contributed by atoms with Crippen LogP contribution in [0.25, 0.3) is 11.5 Å². The number of hydrogen-bond acceptors (Lipinski definition) is 4. The molecule has 1 aliphatic heterocycles. The quantitative estimate of drug-likeness (QED) is 0.859. The Morgan fingerprint density at radius 3 is 2.88 bits per heavy atom. The molecule has 1 amide bonds. The average molecular weight is 397 g/mol. The summed E-state index contributed by atoms with van der Waals surface area (Å²) in [6, 6.07) is 3.53. The zero-order valence-electron chi connectivity index (χ0n) is 12.5. The predicted molar refractivity (Wildman–Crippen MR) is 85.9 cm³/mol. The van der Waals surface area contributed by atoms with Crippen molar-refractivity contribution in [3.8, 4) is 11.5 Å². The van der Waals surface area contributed by atoms with Crippen molar-refractivity contribution in [1.82, 2.24) is 9.88 Å². The highest BCUT2D eigenvalue weighted by molar-refractivity contribution is 9.10. The molecule has 0 radical (unpaired) electrons. The van der Waals surface area contributed by atoms with E-state index in [1.54, 1.807) is 6.07 Å². The highest BCUT2D eigenvalue weighted by atomic mass is 79.9. The van der Waals surface area contributed by atoms with Gasteiger partial charge >= 0.3 is 5.97 Å². The van der Waals surface area contributed by atoms with Crippen LogP contribution >= 0.6 is 15.9 Å². The van der Waals surface area contributed by atoms with Gasteiger partial charge in [-0.25, -0.2) is 14.2 Å². The Kier molecular flexibility index (Phi) is 4.66. The van der Waals surface area contributed by atoms with E-state index in [-0.39, 0.29) is 17.1 Å². The summed E-state index contributed by atoms with van der Waals surface area (Å²) in [6.07, 6.45) is 3.04. The highest BCUT2D eigenvalue weighted by Gasteiger charge is 2.33. The van der Waals surface area contributed by atoms with Gasteiger partial charge in [-0.1, -0.05) is 15.9 Å². The van der Waals surface area contributed by atoms with E-state index in [0.717, 1.165) is 19.1 Å². The number of piperidine rings is 1. The van der Waals surface area contributed by atoms with Crippen LogP contribution in [0.15, 0.2) is 33.4 Å². The van der Waals surface area contributed by atoms with Crippen LogP contribution in [-0.4, -0.2) is 39.5 Å². The molecule has 1 aromatic heterocycles. The number of halogens is 2. The topological polar surface area (TPSA) is 83.6 Å². The van der Waals surface area contributed by atoms with Gasteiger partial charge in [-0.05, 0) is 37.5 Å². The van der Waals surface area contributed by atoms with Gasteiger partial charge in [-0.3, -0.25) is 4.79 Å². The van der Waals surface area contributed by atoms with Crippen LogP contribution in [0.5, 0.6) is 0 Å². The van der Waals surface area contributed by atoms with Crippen LogP contribution < -0.4 is 0 Å². The van der Waals surface area contributed by atoms with E-state index in [4.69, 9.17) is 4.42 Å². The lowest BCUT2D eigenvalue weighted by Gasteiger charge is -2.32. The van der Waals surface area contributed by atoms with E-state index in [2.05, 4.69) is 20.9 Å². The second-order valence-corrected chi connectivity index (χ2v) is 6.43. The number of nitrogens with zero attached hydrogens (tertiary/aromatic N) is 2. The van der Waals surface area contributed by atoms with Crippen molar-refractivity contribution >= 4 is 27.8 Å². The number of aromatic nitrogens is 1. The first-order valence-corrected chi connectivity index (χ1v) is 8.21. The number of rotatable bonds is 3. The van der Waals surface area contributed by atoms with Gasteiger partial charge in [0.25, 0.3) is 5.91 Å². The summed E-state index contributed by atoms with van der Waals surface area (Å²) < 4.78 is 19.8. The zero-order chi connectivity index (χ0) is 17.3. The minimum absolute atomic E-state index is 0.0211. The number of aliphatic carboxylic acids is 1. The summed E-state index contributed by atoms with van der Waals surface area (Å²) in [5.41, 5.74) is 0.103. The van der Waals surface area contributed by atoms with Gasteiger partial charge in [0.05, 0.1) is 5.56 Å². The number of hydrogen-bond donors (Lipinski definition) is 1. The lowest BCUT2D eigenvalue weighted by atomic mass is 10.0. The van der Waals surface area contributed by atoms with Gasteiger partial charge in [0, 0.05) is 11.0 Å². The predicted octanol–water partition coefficient (Wildman–Crippen LogP) is 3.32. The number of carbonyl (C=O) groups excluding carboxylic acids is 1. The zero-order valence-corrected chi connectivity index (χ0v) is 14.1. The van der Waals surface area contributed by atoms with E-state index >= 15 is 0 Å². The maximum atomic E-state index is 14.0. The molecule has 1 N–H and O–H groups in total. The number of likely N-dealkylation sites (tertiary alicyclic amines) is 1. The molecule has 1 saturated heterocycles. The third-order valence-electron chi connectivity index (χ3n) is 3.93. The molecule has 1 atom stereocenters. The Bertz CT molecular complexity index is 792. The molecule has 0 bridgehead atoms. The molecule has 1 unspecified atom stereocenters. The molecular weight excluding hydrogens is 383 g/mol. The van der Waals surface area contributed by atoms with Crippen molar-refractivity contribution in [1.29, 1.82) is 0 Å². The van der Waals surface area contributed by atoms with Gasteiger partial charge in [-0.15, -0.1) is 0 Å². The first-order valence-electron chi connectivity index (χ1n) is 7.42. The normalized spacial score (nSPS) is 17.8. The lowest BCUT2D eigenvalue weighted by molar-refractivity contribution is -0.143. The van der Waals surface area contributed by atoms with Crippen molar-refractivity contribution in [3.05, 3.63) is 40.4 Å². The Hall–Kier alpha value is -2.22. The molecule has 8 heteroatoms. The fourth-order valence-electron chi connectivity index (χ4n) is 2.74. The SMILES string of the molecule is O=C(O)C1CCCCN1C(=O)c1coc(-c2ccc(Br)cc2F)n1. The molecule has 1 fully saturated rings. The second-order valence-electron chi connectivity index (χ2n) is 5.51. The Balaban J connectivity index is 1.87. The number of amides is 1. The van der Waals surface area contributed by atoms with E-state index in [0.29, 0.717) is 17.4 Å². The van der Waals surface area contributed by atoms with Gasteiger partial charge in [-0.2, -0.15) is 0 Å². The minimum Gasteiger partial charge on any atom is -0.480 e. The van der Waals surface area contributed by atoms with E-state index in [1.165, 1.54) is 17.0 Å². The van der Waals surface area contributed by atoms with Crippen LogP contribution in [0, 0.1) is 5.82 Å². The third-order valence-corrected chi connectivity index (χ3v) is 4.43. The number of carbonyl (C=O) groups is 2. The van der Waals surface area contributed by atoms with Crippen molar-refractivity contribution in [2.45, 2.75) is 25.3 Å². The van der Waals surface area contributed by atoms with Gasteiger partial charge in [0.2, 0.25) is 5.89 Å². The molecule has 126 valence electrons. The van der Waals surface area contributed by atoms with E-state index in [1.807, 2.05) is 0 Å². The summed E-state index contributed by atoms with van der Waals surface area (Å²) in [6.45, 7) is 0.352. The Morgan fingerprint density at radius 2 is 2.17 bits per heavy atom. The largest absolute Gasteiger partial charge is 0.480 e. The van der Waals surface area contributed by atoms with E-state index < -0.39 is 23.7 Å². The van der Waals surface area contributed by atoms with Crippen molar-refractivity contribution in [2.75, 3.05) is 6.54 Å². The van der Waals surface area contributed by atoms with Gasteiger partial charge < -0.3 is 14.4 Å². The molecule has 24 heavy (non-hydrogen) atoms. The molecule has 2 heterocycles. The van der Waals surface area contributed by atoms with Gasteiger partial charge in [0.15, 0.2) is 5.69 Å². The van der Waals surface area contributed by atoms with Crippen molar-refractivity contribution in [3.63, 3.8) is 0 Å². The number of benzene rings is 1. The summed E-state index contributed by atoms with van der Waals surface area (Å²) in [4.78, 5) is 29.2. The Morgan fingerprint density at radius 1 is 1.38 bits per heavy atom. The van der Waals surface area contributed by atoms with Gasteiger partial charge in [0.1, 0.15) is 18.1 Å². The van der Waals surface area contributed by atoms with Crippen LogP contribution in [0.3, 0.4) is 0 Å². The van der Waals surface area contributed by atoms with Crippen LogP contribution in [0.1, 0.15) is 29.8 Å². The molecular formula is C16H14BrFN2O4. The first kappa shape index (κ1) is 16.6. The average Bonchev–Trinajstić information content (AvgIpc) is 3.03. The van der Waals surface area contributed by atoms with Crippen LogP contribution in [-0.2, 0) is 4.79 Å². The molecule has 2 aromatic rings. The number of carboxylic acid groups (broad SMARTS) is 1. The molecule has 3 rings (SSSR count). The summed E-state index contributed by atoms with van der Waals surface area (Å²) >= 11 is 3.16. The summed E-state index contributed by atoms with van der Waals surface area (Å²) in [5.74, 6) is -2.11. The monoisotopic (exact) mass is 396 g/mol. The smallest absolute Gasteiger partial charge is 0.326 e. The molecule has 6 nitrogen and oxygen atoms in total. The van der Waals surface area contributed by atoms with E-state index in [9.17, 15) is 19.1 Å². The Labute approximate surface area is 145 Å². The molecule has 1 aromatic carbocycles. The van der Waals surface area contributed by atoms with Crippen molar-refractivity contribution < 1.29 is 23.5 Å². The minimum atomic E-state index is -1.04. The second kappa shape index (κ2) is 6.72. The standard InChI is InChI=1S/C16H14BrFN2O4/c17-9-4-5-10(11(18)7-9)14-19-12(8-24-14)15(21)20-6-2-1-3-13(20)16(22)23/h4-5,7-8,13H,1-3,6H2,(H,22,23). The number of oxazole rings is 1. The molecule has 0 saturated carbocycles. The summed E-state index contributed by atoms with van der Waals surface area (Å²) in [5, 5.41) is 9.26. The third kappa shape index (κ3) is 3.19. The number of carboxylic acids is 1. The van der Waals surface area contributed by atoms with Crippen LogP contribution in [0.2, 0.25) is 0 Å². The fraction of sp³-hybridized carbons (Fsp3) is 0.312. The van der Waals surface area contributed by atoms with Crippen molar-refractivity contribution in [2.24, 2.45) is 0 Å². The highest BCUT2D eigenvalue weighted by Crippen LogP contribution is 2.26. The maximum absolute atomic E-state index is 14.0.